The van der Waals surface area contributed by atoms with Crippen molar-refractivity contribution in [3.8, 4) is 5.75 Å². The van der Waals surface area contributed by atoms with Gasteiger partial charge in [-0.3, -0.25) is 4.79 Å². The van der Waals surface area contributed by atoms with Crippen molar-refractivity contribution in [2.45, 2.75) is 18.8 Å². The van der Waals surface area contributed by atoms with Gasteiger partial charge in [0.05, 0.1) is 7.11 Å². The van der Waals surface area contributed by atoms with Crippen LogP contribution in [-0.4, -0.2) is 36.0 Å². The van der Waals surface area contributed by atoms with Crippen LogP contribution in [0.1, 0.15) is 34.7 Å². The largest absolute Gasteiger partial charge is 0.497 e. The predicted octanol–water partition coefficient (Wildman–Crippen LogP) is 4.34. The molecular formula is C21H21FN2O2. The topological polar surface area (TPSA) is 45.3 Å². The number of likely N-dealkylation sites (tertiary alicyclic amines) is 1. The Morgan fingerprint density at radius 2 is 2.00 bits per heavy atom. The fraction of sp³-hybridized carbons (Fsp3) is 0.286. The van der Waals surface area contributed by atoms with Gasteiger partial charge in [-0.15, -0.1) is 0 Å². The zero-order chi connectivity index (χ0) is 18.1. The number of aromatic nitrogens is 1. The highest BCUT2D eigenvalue weighted by atomic mass is 19.1. The van der Waals surface area contributed by atoms with Crippen molar-refractivity contribution in [1.82, 2.24) is 9.88 Å². The van der Waals surface area contributed by atoms with Gasteiger partial charge in [0, 0.05) is 35.8 Å². The van der Waals surface area contributed by atoms with Crippen LogP contribution in [0.15, 0.2) is 48.7 Å². The van der Waals surface area contributed by atoms with Crippen molar-refractivity contribution >= 4 is 16.8 Å². The average molecular weight is 352 g/mol. The molecule has 5 heteroatoms. The number of amides is 1. The number of carbonyl (C=O) groups is 1. The minimum Gasteiger partial charge on any atom is -0.497 e. The summed E-state index contributed by atoms with van der Waals surface area (Å²) < 4.78 is 18.6. The number of carbonyl (C=O) groups excluding carboxylic acids is 1. The van der Waals surface area contributed by atoms with E-state index < -0.39 is 0 Å². The number of methoxy groups -OCH3 is 1. The lowest BCUT2D eigenvalue weighted by atomic mass is 9.89. The Kier molecular flexibility index (Phi) is 4.37. The Morgan fingerprint density at radius 1 is 1.19 bits per heavy atom. The third-order valence-electron chi connectivity index (χ3n) is 5.21. The fourth-order valence-electron chi connectivity index (χ4n) is 3.79. The third kappa shape index (κ3) is 3.05. The van der Waals surface area contributed by atoms with Gasteiger partial charge >= 0.3 is 0 Å². The highest BCUT2D eigenvalue weighted by Crippen LogP contribution is 2.33. The molecule has 1 aromatic heterocycles. The number of nitrogens with zero attached hydrogens (tertiary/aromatic N) is 1. The molecule has 26 heavy (non-hydrogen) atoms. The van der Waals surface area contributed by atoms with Crippen molar-refractivity contribution in [2.24, 2.45) is 0 Å². The van der Waals surface area contributed by atoms with Gasteiger partial charge in [-0.1, -0.05) is 6.07 Å². The SMILES string of the molecule is COc1cccc(C(=O)N2CCC(c3c[nH]c4cc(F)ccc34)CC2)c1. The number of ether oxygens (including phenoxy) is 1. The van der Waals surface area contributed by atoms with Crippen LogP contribution >= 0.6 is 0 Å². The fourth-order valence-corrected chi connectivity index (χ4v) is 3.79. The molecule has 0 bridgehead atoms. The maximum atomic E-state index is 13.4. The second kappa shape index (κ2) is 6.83. The van der Waals surface area contributed by atoms with E-state index in [-0.39, 0.29) is 11.7 Å². The van der Waals surface area contributed by atoms with Crippen LogP contribution in [0.2, 0.25) is 0 Å². The van der Waals surface area contributed by atoms with E-state index in [9.17, 15) is 9.18 Å². The third-order valence-corrected chi connectivity index (χ3v) is 5.21. The monoisotopic (exact) mass is 352 g/mol. The van der Waals surface area contributed by atoms with Crippen molar-refractivity contribution < 1.29 is 13.9 Å². The van der Waals surface area contributed by atoms with Crippen LogP contribution in [-0.2, 0) is 0 Å². The Morgan fingerprint density at radius 3 is 2.77 bits per heavy atom. The molecule has 2 aromatic carbocycles. The summed E-state index contributed by atoms with van der Waals surface area (Å²) in [6, 6.07) is 12.1. The van der Waals surface area contributed by atoms with Crippen LogP contribution in [0.4, 0.5) is 4.39 Å². The van der Waals surface area contributed by atoms with Gasteiger partial charge in [0.15, 0.2) is 0 Å². The lowest BCUT2D eigenvalue weighted by Crippen LogP contribution is -2.37. The first-order chi connectivity index (χ1) is 12.7. The Balaban J connectivity index is 1.47. The number of hydrogen-bond donors (Lipinski definition) is 1. The number of halogens is 1. The molecule has 0 unspecified atom stereocenters. The van der Waals surface area contributed by atoms with E-state index in [1.165, 1.54) is 17.7 Å². The van der Waals surface area contributed by atoms with Crippen molar-refractivity contribution in [3.05, 3.63) is 65.6 Å². The number of H-pyrrole nitrogens is 1. The molecule has 1 aliphatic heterocycles. The molecule has 1 N–H and O–H groups in total. The molecule has 1 fully saturated rings. The predicted molar refractivity (Wildman–Crippen MR) is 99.1 cm³/mol. The molecule has 0 spiro atoms. The molecule has 0 radical (unpaired) electrons. The van der Waals surface area contributed by atoms with E-state index >= 15 is 0 Å². The number of fused-ring (bicyclic) bond motifs is 1. The number of benzene rings is 2. The number of nitrogens with one attached hydrogen (secondary N) is 1. The Labute approximate surface area is 151 Å². The Bertz CT molecular complexity index is 942. The molecule has 0 aliphatic carbocycles. The maximum Gasteiger partial charge on any atom is 0.253 e. The van der Waals surface area contributed by atoms with Crippen LogP contribution in [0.5, 0.6) is 5.75 Å². The summed E-state index contributed by atoms with van der Waals surface area (Å²) in [5.41, 5.74) is 2.70. The summed E-state index contributed by atoms with van der Waals surface area (Å²) in [5.74, 6) is 0.883. The van der Waals surface area contributed by atoms with E-state index in [2.05, 4.69) is 4.98 Å². The van der Waals surface area contributed by atoms with Crippen molar-refractivity contribution in [2.75, 3.05) is 20.2 Å². The number of rotatable bonds is 3. The molecule has 0 atom stereocenters. The minimum atomic E-state index is -0.232. The van der Waals surface area contributed by atoms with Crippen LogP contribution in [0, 0.1) is 5.82 Å². The first kappa shape index (κ1) is 16.6. The highest BCUT2D eigenvalue weighted by Gasteiger charge is 2.26. The van der Waals surface area contributed by atoms with Gasteiger partial charge in [-0.2, -0.15) is 0 Å². The minimum absolute atomic E-state index is 0.0448. The summed E-state index contributed by atoms with van der Waals surface area (Å²) in [6.45, 7) is 1.43. The van der Waals surface area contributed by atoms with Gasteiger partial charge < -0.3 is 14.6 Å². The molecule has 134 valence electrons. The molecule has 1 saturated heterocycles. The lowest BCUT2D eigenvalue weighted by Gasteiger charge is -2.32. The molecule has 3 aromatic rings. The smallest absolute Gasteiger partial charge is 0.253 e. The molecule has 2 heterocycles. The van der Waals surface area contributed by atoms with Crippen LogP contribution < -0.4 is 4.74 Å². The molecule has 1 aliphatic rings. The average Bonchev–Trinajstić information content (AvgIpc) is 3.10. The van der Waals surface area contributed by atoms with Crippen molar-refractivity contribution in [1.29, 1.82) is 0 Å². The molecule has 4 rings (SSSR count). The standard InChI is InChI=1S/C21H21FN2O2/c1-26-17-4-2-3-15(11-17)21(25)24-9-7-14(8-10-24)19-13-23-20-12-16(22)5-6-18(19)20/h2-6,11-14,23H,7-10H2,1H3. The summed E-state index contributed by atoms with van der Waals surface area (Å²) in [6.07, 6.45) is 3.79. The lowest BCUT2D eigenvalue weighted by molar-refractivity contribution is 0.0713. The van der Waals surface area contributed by atoms with Crippen molar-refractivity contribution in [3.63, 3.8) is 0 Å². The number of piperidine rings is 1. The van der Waals surface area contributed by atoms with E-state index in [1.807, 2.05) is 35.4 Å². The first-order valence-corrected chi connectivity index (χ1v) is 8.85. The van der Waals surface area contributed by atoms with Gasteiger partial charge in [0.25, 0.3) is 5.91 Å². The maximum absolute atomic E-state index is 13.4. The van der Waals surface area contributed by atoms with E-state index in [0.29, 0.717) is 30.3 Å². The zero-order valence-electron chi connectivity index (χ0n) is 14.7. The zero-order valence-corrected chi connectivity index (χ0v) is 14.7. The van der Waals surface area contributed by atoms with Gasteiger partial charge in [-0.05, 0) is 60.7 Å². The summed E-state index contributed by atoms with van der Waals surface area (Å²) in [7, 11) is 1.60. The van der Waals surface area contributed by atoms with E-state index in [1.54, 1.807) is 13.2 Å². The molecule has 4 nitrogen and oxygen atoms in total. The van der Waals surface area contributed by atoms with Gasteiger partial charge in [0.1, 0.15) is 11.6 Å². The molecule has 0 saturated carbocycles. The second-order valence-corrected chi connectivity index (χ2v) is 6.73. The van der Waals surface area contributed by atoms with Gasteiger partial charge in [0.2, 0.25) is 0 Å². The highest BCUT2D eigenvalue weighted by molar-refractivity contribution is 5.94. The Hall–Kier alpha value is -2.82. The molecular weight excluding hydrogens is 331 g/mol. The summed E-state index contributed by atoms with van der Waals surface area (Å²) in [5, 5.41) is 1.07. The second-order valence-electron chi connectivity index (χ2n) is 6.73. The molecule has 1 amide bonds. The van der Waals surface area contributed by atoms with E-state index in [0.717, 1.165) is 23.7 Å². The normalized spacial score (nSPS) is 15.4. The summed E-state index contributed by atoms with van der Waals surface area (Å²) >= 11 is 0. The summed E-state index contributed by atoms with van der Waals surface area (Å²) in [4.78, 5) is 17.8. The van der Waals surface area contributed by atoms with Crippen LogP contribution in [0.25, 0.3) is 10.9 Å². The first-order valence-electron chi connectivity index (χ1n) is 8.85. The van der Waals surface area contributed by atoms with Gasteiger partial charge in [-0.25, -0.2) is 4.39 Å². The number of aromatic amines is 1. The van der Waals surface area contributed by atoms with Crippen LogP contribution in [0.3, 0.4) is 0 Å². The quantitative estimate of drug-likeness (QED) is 0.762. The van der Waals surface area contributed by atoms with E-state index in [4.69, 9.17) is 4.74 Å². The number of hydrogen-bond acceptors (Lipinski definition) is 2.